The van der Waals surface area contributed by atoms with E-state index in [-0.39, 0.29) is 11.8 Å². The van der Waals surface area contributed by atoms with Gasteiger partial charge in [0.2, 0.25) is 5.91 Å². The first-order valence-electron chi connectivity index (χ1n) is 7.73. The zero-order valence-corrected chi connectivity index (χ0v) is 15.8. The van der Waals surface area contributed by atoms with E-state index < -0.39 is 0 Å². The number of amides is 2. The number of rotatable bonds is 4. The second-order valence-corrected chi connectivity index (χ2v) is 7.03. The van der Waals surface area contributed by atoms with E-state index in [1.54, 1.807) is 20.9 Å². The van der Waals surface area contributed by atoms with Crippen LogP contribution in [0.1, 0.15) is 12.6 Å². The Morgan fingerprint density at radius 2 is 2.00 bits per heavy atom. The minimum absolute atomic E-state index is 0.127. The third-order valence-electron chi connectivity index (χ3n) is 3.39. The molecular weight excluding hydrogens is 368 g/mol. The number of hydrogen-bond donors (Lipinski definition) is 0. The summed E-state index contributed by atoms with van der Waals surface area (Å²) in [6, 6.07) is 9.32. The van der Waals surface area contributed by atoms with Gasteiger partial charge in [0.05, 0.1) is 11.4 Å². The molecule has 0 atom stereocenters. The number of nitrogens with zero attached hydrogens (tertiary/aromatic N) is 4. The van der Waals surface area contributed by atoms with Gasteiger partial charge < -0.3 is 4.57 Å². The summed E-state index contributed by atoms with van der Waals surface area (Å²) in [6.07, 6.45) is 4.81. The highest BCUT2D eigenvalue weighted by Crippen LogP contribution is 2.28. The smallest absolute Gasteiger partial charge is 0.272 e. The average molecular weight is 384 g/mol. The molecule has 132 valence electrons. The van der Waals surface area contributed by atoms with Crippen molar-refractivity contribution >= 4 is 51.4 Å². The minimum Gasteiger partial charge on any atom is -0.327 e. The van der Waals surface area contributed by atoms with Crippen LogP contribution >= 0.6 is 22.7 Å². The normalized spacial score (nSPS) is 11.8. The van der Waals surface area contributed by atoms with E-state index in [2.05, 4.69) is 9.98 Å². The molecular formula is C18H16N4O2S2. The number of aromatic nitrogens is 2. The van der Waals surface area contributed by atoms with Crippen molar-refractivity contribution in [2.75, 3.05) is 4.90 Å². The van der Waals surface area contributed by atoms with Crippen molar-refractivity contribution in [1.29, 1.82) is 0 Å². The minimum atomic E-state index is -0.357. The van der Waals surface area contributed by atoms with Gasteiger partial charge in [-0.25, -0.2) is 4.98 Å². The predicted octanol–water partition coefficient (Wildman–Crippen LogP) is 3.37. The second-order valence-electron chi connectivity index (χ2n) is 5.32. The van der Waals surface area contributed by atoms with Gasteiger partial charge in [-0.15, -0.1) is 22.7 Å². The van der Waals surface area contributed by atoms with E-state index in [4.69, 9.17) is 0 Å². The molecule has 0 radical (unpaired) electrons. The molecule has 0 bridgehead atoms. The molecule has 2 heterocycles. The van der Waals surface area contributed by atoms with Gasteiger partial charge in [-0.3, -0.25) is 14.5 Å². The van der Waals surface area contributed by atoms with Crippen LogP contribution in [0.25, 0.3) is 6.08 Å². The molecule has 0 aliphatic carbocycles. The van der Waals surface area contributed by atoms with Crippen molar-refractivity contribution in [1.82, 2.24) is 9.55 Å². The van der Waals surface area contributed by atoms with Gasteiger partial charge >= 0.3 is 0 Å². The molecule has 0 saturated heterocycles. The summed E-state index contributed by atoms with van der Waals surface area (Å²) in [4.78, 5) is 34.6. The number of aryl methyl sites for hydroxylation is 1. The molecule has 0 aliphatic heterocycles. The standard InChI is InChI=1S/C18H16N4O2S2/c1-13(23)22(15-6-4-3-5-7-15)18-19-14(12-26-18)8-9-16(24)20-17-21(2)10-11-25-17/h3-12H,1-2H3/b9-8+,20-17?. The number of thiazole rings is 2. The molecule has 6 nitrogen and oxygen atoms in total. The van der Waals surface area contributed by atoms with Crippen molar-refractivity contribution in [2.45, 2.75) is 6.92 Å². The number of carbonyl (C=O) groups is 2. The molecule has 8 heteroatoms. The predicted molar refractivity (Wildman–Crippen MR) is 104 cm³/mol. The monoisotopic (exact) mass is 384 g/mol. The molecule has 2 aromatic heterocycles. The third-order valence-corrected chi connectivity index (χ3v) is 5.08. The first-order chi connectivity index (χ1) is 12.5. The molecule has 3 rings (SSSR count). The molecule has 0 aliphatic rings. The van der Waals surface area contributed by atoms with Gasteiger partial charge in [-0.2, -0.15) is 4.99 Å². The summed E-state index contributed by atoms with van der Waals surface area (Å²) in [6.45, 7) is 1.49. The van der Waals surface area contributed by atoms with Gasteiger partial charge in [-0.05, 0) is 18.2 Å². The number of anilines is 2. The molecule has 0 spiro atoms. The molecule has 0 saturated carbocycles. The Kier molecular flexibility index (Phi) is 5.55. The van der Waals surface area contributed by atoms with Crippen LogP contribution in [0.3, 0.4) is 0 Å². The maximum Gasteiger partial charge on any atom is 0.272 e. The maximum atomic E-state index is 12.0. The topological polar surface area (TPSA) is 67.6 Å². The summed E-state index contributed by atoms with van der Waals surface area (Å²) in [5, 5.41) is 4.21. The van der Waals surface area contributed by atoms with Crippen molar-refractivity contribution in [3.8, 4) is 0 Å². The van der Waals surface area contributed by atoms with Crippen molar-refractivity contribution in [3.63, 3.8) is 0 Å². The fraction of sp³-hybridized carbons (Fsp3) is 0.111. The van der Waals surface area contributed by atoms with Gasteiger partial charge in [0.15, 0.2) is 9.93 Å². The van der Waals surface area contributed by atoms with Crippen molar-refractivity contribution in [3.05, 3.63) is 63.9 Å². The van der Waals surface area contributed by atoms with Gasteiger partial charge in [0, 0.05) is 37.0 Å². The van der Waals surface area contributed by atoms with E-state index >= 15 is 0 Å². The van der Waals surface area contributed by atoms with Crippen LogP contribution < -0.4 is 9.70 Å². The van der Waals surface area contributed by atoms with Crippen molar-refractivity contribution < 1.29 is 9.59 Å². The lowest BCUT2D eigenvalue weighted by molar-refractivity contribution is -0.116. The number of hydrogen-bond acceptors (Lipinski definition) is 5. The van der Waals surface area contributed by atoms with Gasteiger partial charge in [0.25, 0.3) is 5.91 Å². The fourth-order valence-electron chi connectivity index (χ4n) is 2.18. The zero-order chi connectivity index (χ0) is 18.5. The lowest BCUT2D eigenvalue weighted by Crippen LogP contribution is -2.22. The highest BCUT2D eigenvalue weighted by atomic mass is 32.1. The Hall–Kier alpha value is -2.84. The lowest BCUT2D eigenvalue weighted by atomic mass is 10.3. The van der Waals surface area contributed by atoms with Crippen LogP contribution in [0.2, 0.25) is 0 Å². The lowest BCUT2D eigenvalue weighted by Gasteiger charge is -2.17. The Morgan fingerprint density at radius 3 is 2.65 bits per heavy atom. The largest absolute Gasteiger partial charge is 0.327 e. The van der Waals surface area contributed by atoms with E-state index in [0.29, 0.717) is 15.6 Å². The van der Waals surface area contributed by atoms with Crippen LogP contribution in [-0.2, 0) is 16.6 Å². The average Bonchev–Trinajstić information content (AvgIpc) is 3.24. The van der Waals surface area contributed by atoms with Crippen LogP contribution in [0.5, 0.6) is 0 Å². The van der Waals surface area contributed by atoms with Gasteiger partial charge in [0.1, 0.15) is 0 Å². The second kappa shape index (κ2) is 8.03. The highest BCUT2D eigenvalue weighted by Gasteiger charge is 2.17. The van der Waals surface area contributed by atoms with Crippen LogP contribution in [0.4, 0.5) is 10.8 Å². The number of benzene rings is 1. The molecule has 0 unspecified atom stereocenters. The summed E-state index contributed by atoms with van der Waals surface area (Å²) in [5.41, 5.74) is 1.35. The SMILES string of the molecule is CC(=O)N(c1ccccc1)c1nc(/C=C/C(=O)N=c2sccn2C)cs1. The summed E-state index contributed by atoms with van der Waals surface area (Å²) >= 11 is 2.73. The summed E-state index contributed by atoms with van der Waals surface area (Å²) < 4.78 is 1.78. The van der Waals surface area contributed by atoms with E-state index in [1.807, 2.05) is 49.0 Å². The molecule has 26 heavy (non-hydrogen) atoms. The van der Waals surface area contributed by atoms with Crippen molar-refractivity contribution in [2.24, 2.45) is 12.0 Å². The molecule has 3 aromatic rings. The van der Waals surface area contributed by atoms with Crippen LogP contribution in [-0.4, -0.2) is 21.4 Å². The molecule has 0 fully saturated rings. The summed E-state index contributed by atoms with van der Waals surface area (Å²) in [5.74, 6) is -0.485. The first kappa shape index (κ1) is 18.0. The summed E-state index contributed by atoms with van der Waals surface area (Å²) in [7, 11) is 1.83. The number of para-hydroxylation sites is 1. The zero-order valence-electron chi connectivity index (χ0n) is 14.2. The molecule has 1 aromatic carbocycles. The quantitative estimate of drug-likeness (QED) is 0.648. The van der Waals surface area contributed by atoms with E-state index in [9.17, 15) is 9.59 Å². The first-order valence-corrected chi connectivity index (χ1v) is 9.48. The van der Waals surface area contributed by atoms with Gasteiger partial charge in [-0.1, -0.05) is 18.2 Å². The maximum absolute atomic E-state index is 12.0. The fourth-order valence-corrected chi connectivity index (χ4v) is 3.77. The Balaban J connectivity index is 1.80. The third kappa shape index (κ3) is 4.22. The molecule has 0 N–H and O–H groups in total. The Bertz CT molecular complexity index is 1020. The molecule has 2 amide bonds. The Morgan fingerprint density at radius 1 is 1.23 bits per heavy atom. The Labute approximate surface area is 158 Å². The van der Waals surface area contributed by atoms with Crippen LogP contribution in [0, 0.1) is 0 Å². The van der Waals surface area contributed by atoms with Crippen LogP contribution in [0.15, 0.2) is 58.4 Å². The van der Waals surface area contributed by atoms with E-state index in [0.717, 1.165) is 5.69 Å². The van der Waals surface area contributed by atoms with E-state index in [1.165, 1.54) is 35.7 Å². The highest BCUT2D eigenvalue weighted by molar-refractivity contribution is 7.14. The number of carbonyl (C=O) groups excluding carboxylic acids is 2.